The van der Waals surface area contributed by atoms with Crippen molar-refractivity contribution in [2.75, 3.05) is 25.6 Å². The molecule has 1 aliphatic carbocycles. The van der Waals surface area contributed by atoms with Gasteiger partial charge in [-0.05, 0) is 19.8 Å². The molecule has 2 fully saturated rings. The van der Waals surface area contributed by atoms with E-state index in [1.54, 1.807) is 19.2 Å². The summed E-state index contributed by atoms with van der Waals surface area (Å²) in [5, 5.41) is 9.60. The summed E-state index contributed by atoms with van der Waals surface area (Å²) in [5.41, 5.74) is -1.14. The molecule has 1 aliphatic heterocycles. The van der Waals surface area contributed by atoms with E-state index in [9.17, 15) is 14.4 Å². The molecule has 0 spiro atoms. The Morgan fingerprint density at radius 3 is 2.84 bits per heavy atom. The molecule has 9 nitrogen and oxygen atoms in total. The van der Waals surface area contributed by atoms with Gasteiger partial charge in [0.2, 0.25) is 5.91 Å². The SMILES string of the molecule is COCC1(C)NC(=O)N(CC(=O)Nc2ccnn2C2CCCC2)C1=O. The summed E-state index contributed by atoms with van der Waals surface area (Å²) in [6, 6.07) is 1.41. The van der Waals surface area contributed by atoms with Crippen molar-refractivity contribution in [1.29, 1.82) is 0 Å². The Hall–Kier alpha value is -2.42. The number of hydrogen-bond donors (Lipinski definition) is 2. The molecule has 2 heterocycles. The number of urea groups is 1. The van der Waals surface area contributed by atoms with E-state index in [0.717, 1.165) is 30.6 Å². The van der Waals surface area contributed by atoms with E-state index in [2.05, 4.69) is 15.7 Å². The van der Waals surface area contributed by atoms with E-state index in [1.165, 1.54) is 7.11 Å². The lowest BCUT2D eigenvalue weighted by atomic mass is 10.0. The fraction of sp³-hybridized carbons (Fsp3) is 0.625. The standard InChI is InChI=1S/C16H23N5O4/c1-16(10-25-2)14(23)20(15(24)19-16)9-13(22)18-12-7-8-17-21(12)11-5-3-4-6-11/h7-8,11H,3-6,9-10H2,1-2H3,(H,18,22)(H,19,24). The molecule has 1 aromatic heterocycles. The third kappa shape index (κ3) is 3.37. The smallest absolute Gasteiger partial charge is 0.325 e. The highest BCUT2D eigenvalue weighted by atomic mass is 16.5. The number of nitrogens with zero attached hydrogens (tertiary/aromatic N) is 3. The first kappa shape index (κ1) is 17.4. The Morgan fingerprint density at radius 1 is 1.44 bits per heavy atom. The summed E-state index contributed by atoms with van der Waals surface area (Å²) >= 11 is 0. The quantitative estimate of drug-likeness (QED) is 0.742. The van der Waals surface area contributed by atoms with Gasteiger partial charge in [-0.2, -0.15) is 5.10 Å². The van der Waals surface area contributed by atoms with Crippen molar-refractivity contribution in [3.63, 3.8) is 0 Å². The zero-order valence-corrected chi connectivity index (χ0v) is 14.4. The Balaban J connectivity index is 1.64. The van der Waals surface area contributed by atoms with Crippen LogP contribution in [0.2, 0.25) is 0 Å². The van der Waals surface area contributed by atoms with Crippen LogP contribution in [0.3, 0.4) is 0 Å². The van der Waals surface area contributed by atoms with Gasteiger partial charge in [0.25, 0.3) is 5.91 Å². The van der Waals surface area contributed by atoms with Gasteiger partial charge in [-0.15, -0.1) is 0 Å². The predicted molar refractivity (Wildman–Crippen MR) is 88.9 cm³/mol. The minimum absolute atomic E-state index is 0.0458. The average Bonchev–Trinajstić information content (AvgIpc) is 3.25. The molecule has 136 valence electrons. The molecule has 1 unspecified atom stereocenters. The first-order valence-corrected chi connectivity index (χ1v) is 8.41. The van der Waals surface area contributed by atoms with Crippen LogP contribution in [0.25, 0.3) is 0 Å². The summed E-state index contributed by atoms with van der Waals surface area (Å²) in [4.78, 5) is 37.7. The fourth-order valence-corrected chi connectivity index (χ4v) is 3.46. The van der Waals surface area contributed by atoms with Crippen LogP contribution in [0.1, 0.15) is 38.6 Å². The van der Waals surface area contributed by atoms with Gasteiger partial charge in [0.05, 0.1) is 18.8 Å². The molecule has 0 aromatic carbocycles. The van der Waals surface area contributed by atoms with E-state index < -0.39 is 23.4 Å². The van der Waals surface area contributed by atoms with Gasteiger partial charge in [-0.3, -0.25) is 14.5 Å². The minimum atomic E-state index is -1.14. The molecule has 2 aliphatic rings. The number of methoxy groups -OCH3 is 1. The van der Waals surface area contributed by atoms with Crippen LogP contribution in [-0.2, 0) is 14.3 Å². The highest BCUT2D eigenvalue weighted by Gasteiger charge is 2.48. The maximum atomic E-state index is 12.4. The number of nitrogens with one attached hydrogen (secondary N) is 2. The molecule has 0 radical (unpaired) electrons. The molecule has 1 atom stereocenters. The maximum absolute atomic E-state index is 12.4. The van der Waals surface area contributed by atoms with E-state index in [1.807, 2.05) is 4.68 Å². The minimum Gasteiger partial charge on any atom is -0.382 e. The van der Waals surface area contributed by atoms with Crippen molar-refractivity contribution in [2.45, 2.75) is 44.2 Å². The second-order valence-corrected chi connectivity index (χ2v) is 6.73. The Morgan fingerprint density at radius 2 is 2.16 bits per heavy atom. The number of hydrogen-bond acceptors (Lipinski definition) is 5. The largest absolute Gasteiger partial charge is 0.382 e. The number of carbonyl (C=O) groups is 3. The number of rotatable bonds is 6. The van der Waals surface area contributed by atoms with Crippen molar-refractivity contribution < 1.29 is 19.1 Å². The molecule has 1 aromatic rings. The third-order valence-corrected chi connectivity index (χ3v) is 4.69. The lowest BCUT2D eigenvalue weighted by Gasteiger charge is -2.20. The van der Waals surface area contributed by atoms with Crippen LogP contribution in [0.15, 0.2) is 12.3 Å². The van der Waals surface area contributed by atoms with Crippen LogP contribution in [0.4, 0.5) is 10.6 Å². The number of ether oxygens (including phenoxy) is 1. The van der Waals surface area contributed by atoms with Crippen LogP contribution in [0.5, 0.6) is 0 Å². The van der Waals surface area contributed by atoms with E-state index in [0.29, 0.717) is 5.82 Å². The Bertz CT molecular complexity index is 682. The van der Waals surface area contributed by atoms with E-state index in [-0.39, 0.29) is 19.2 Å². The van der Waals surface area contributed by atoms with Crippen LogP contribution in [0, 0.1) is 0 Å². The van der Waals surface area contributed by atoms with Gasteiger partial charge in [0.15, 0.2) is 0 Å². The second-order valence-electron chi connectivity index (χ2n) is 6.73. The van der Waals surface area contributed by atoms with Crippen LogP contribution >= 0.6 is 0 Å². The molecular weight excluding hydrogens is 326 g/mol. The first-order valence-electron chi connectivity index (χ1n) is 8.41. The van der Waals surface area contributed by atoms with E-state index >= 15 is 0 Å². The molecule has 9 heteroatoms. The van der Waals surface area contributed by atoms with Crippen LogP contribution in [-0.4, -0.2) is 58.3 Å². The zero-order chi connectivity index (χ0) is 18.0. The van der Waals surface area contributed by atoms with E-state index in [4.69, 9.17) is 4.74 Å². The first-order chi connectivity index (χ1) is 11.9. The fourth-order valence-electron chi connectivity index (χ4n) is 3.46. The van der Waals surface area contributed by atoms with Gasteiger partial charge in [0.1, 0.15) is 17.9 Å². The third-order valence-electron chi connectivity index (χ3n) is 4.69. The number of amides is 4. The molecule has 1 saturated carbocycles. The number of imide groups is 1. The molecule has 3 rings (SSSR count). The zero-order valence-electron chi connectivity index (χ0n) is 14.4. The van der Waals surface area contributed by atoms with Gasteiger partial charge in [-0.25, -0.2) is 9.48 Å². The summed E-state index contributed by atoms with van der Waals surface area (Å²) in [6.45, 7) is 1.27. The van der Waals surface area contributed by atoms with Gasteiger partial charge >= 0.3 is 6.03 Å². The van der Waals surface area contributed by atoms with Crippen molar-refractivity contribution in [1.82, 2.24) is 20.0 Å². The van der Waals surface area contributed by atoms with Crippen molar-refractivity contribution in [3.05, 3.63) is 12.3 Å². The number of anilines is 1. The molecular formula is C16H23N5O4. The molecule has 2 N–H and O–H groups in total. The Labute approximate surface area is 145 Å². The van der Waals surface area contributed by atoms with Gasteiger partial charge in [0, 0.05) is 13.2 Å². The monoisotopic (exact) mass is 349 g/mol. The van der Waals surface area contributed by atoms with Gasteiger partial charge in [-0.1, -0.05) is 12.8 Å². The topological polar surface area (TPSA) is 106 Å². The van der Waals surface area contributed by atoms with Crippen molar-refractivity contribution >= 4 is 23.7 Å². The Kier molecular flexibility index (Phi) is 4.76. The molecule has 4 amide bonds. The lowest BCUT2D eigenvalue weighted by Crippen LogP contribution is -2.48. The lowest BCUT2D eigenvalue weighted by molar-refractivity contribution is -0.134. The maximum Gasteiger partial charge on any atom is 0.325 e. The molecule has 0 bridgehead atoms. The number of carbonyl (C=O) groups excluding carboxylic acids is 3. The molecule has 1 saturated heterocycles. The highest BCUT2D eigenvalue weighted by Crippen LogP contribution is 2.31. The highest BCUT2D eigenvalue weighted by molar-refractivity contribution is 6.09. The summed E-state index contributed by atoms with van der Waals surface area (Å²) in [6.07, 6.45) is 6.01. The van der Waals surface area contributed by atoms with Crippen LogP contribution < -0.4 is 10.6 Å². The number of aromatic nitrogens is 2. The van der Waals surface area contributed by atoms with Gasteiger partial charge < -0.3 is 15.4 Å². The molecule has 25 heavy (non-hydrogen) atoms. The summed E-state index contributed by atoms with van der Waals surface area (Å²) < 4.78 is 6.80. The van der Waals surface area contributed by atoms with Crippen molar-refractivity contribution in [2.24, 2.45) is 0 Å². The normalized spacial score (nSPS) is 24.0. The van der Waals surface area contributed by atoms with Crippen molar-refractivity contribution in [3.8, 4) is 0 Å². The predicted octanol–water partition coefficient (Wildman–Crippen LogP) is 0.894. The average molecular weight is 349 g/mol. The second kappa shape index (κ2) is 6.83. The summed E-state index contributed by atoms with van der Waals surface area (Å²) in [7, 11) is 1.45. The summed E-state index contributed by atoms with van der Waals surface area (Å²) in [5.74, 6) is -0.327.